The molecule has 2 fully saturated rings. The van der Waals surface area contributed by atoms with Crippen LogP contribution in [-0.4, -0.2) is 51.2 Å². The zero-order valence-electron chi connectivity index (χ0n) is 18.1. The highest BCUT2D eigenvalue weighted by atomic mass is 19.4. The molecule has 2 saturated heterocycles. The van der Waals surface area contributed by atoms with E-state index < -0.39 is 17.8 Å². The third-order valence-electron chi connectivity index (χ3n) is 6.65. The lowest BCUT2D eigenvalue weighted by Gasteiger charge is -2.44. The molecule has 2 unspecified atom stereocenters. The van der Waals surface area contributed by atoms with Gasteiger partial charge >= 0.3 is 12.1 Å². The molecule has 0 aliphatic carbocycles. The first-order valence-corrected chi connectivity index (χ1v) is 11.3. The van der Waals surface area contributed by atoms with Crippen molar-refractivity contribution in [3.05, 3.63) is 53.9 Å². The van der Waals surface area contributed by atoms with Crippen LogP contribution in [0.25, 0.3) is 16.9 Å². The van der Waals surface area contributed by atoms with Gasteiger partial charge in [-0.05, 0) is 44.8 Å². The summed E-state index contributed by atoms with van der Waals surface area (Å²) in [7, 11) is 0. The minimum Gasteiger partial charge on any atom is -0.461 e. The first kappa shape index (κ1) is 21.9. The average Bonchev–Trinajstić information content (AvgIpc) is 3.26. The van der Waals surface area contributed by atoms with E-state index in [1.807, 2.05) is 0 Å². The fraction of sp³-hybridized carbons (Fsp3) is 0.458. The van der Waals surface area contributed by atoms with Crippen LogP contribution in [0.1, 0.15) is 48.3 Å². The first-order valence-electron chi connectivity index (χ1n) is 11.3. The molecule has 2 aliphatic heterocycles. The van der Waals surface area contributed by atoms with E-state index in [2.05, 4.69) is 15.0 Å². The summed E-state index contributed by atoms with van der Waals surface area (Å²) in [6.07, 6.45) is 0.855. The van der Waals surface area contributed by atoms with Crippen molar-refractivity contribution in [3.63, 3.8) is 0 Å². The van der Waals surface area contributed by atoms with Gasteiger partial charge < -0.3 is 4.74 Å². The van der Waals surface area contributed by atoms with Gasteiger partial charge in [0.25, 0.3) is 0 Å². The summed E-state index contributed by atoms with van der Waals surface area (Å²) >= 11 is 0. The smallest absolute Gasteiger partial charge is 0.433 e. The van der Waals surface area contributed by atoms with Crippen LogP contribution >= 0.6 is 0 Å². The third kappa shape index (κ3) is 4.46. The van der Waals surface area contributed by atoms with Crippen LogP contribution in [0.2, 0.25) is 0 Å². The van der Waals surface area contributed by atoms with Crippen molar-refractivity contribution in [2.24, 2.45) is 5.92 Å². The fourth-order valence-electron chi connectivity index (χ4n) is 5.06. The molecular formula is C24H25F3N4O2. The lowest BCUT2D eigenvalue weighted by atomic mass is 9.84. The summed E-state index contributed by atoms with van der Waals surface area (Å²) < 4.78 is 47.5. The molecule has 4 heterocycles. The Kier molecular flexibility index (Phi) is 5.82. The van der Waals surface area contributed by atoms with Crippen molar-refractivity contribution < 1.29 is 22.7 Å². The van der Waals surface area contributed by atoms with Crippen LogP contribution in [0.3, 0.4) is 0 Å². The highest BCUT2D eigenvalue weighted by molar-refractivity contribution is 5.88. The number of ether oxygens (including phenoxy) is 1. The molecule has 2 aliphatic rings. The topological polar surface area (TPSA) is 59.7 Å². The second kappa shape index (κ2) is 8.78. The normalized spacial score (nSPS) is 21.7. The molecule has 2 atom stereocenters. The standard InChI is InChI=1S/C24H25F3N4O2/c25-24(26,27)21-13-18(16-7-2-1-3-8-16)28-22-14-19(29-31(21)22)23(32)33-15-17-9-6-12-30-11-5-4-10-20(17)30/h1-3,7-8,13-14,17,20H,4-6,9-12,15H2. The number of piperidine rings is 2. The molecule has 0 spiro atoms. The summed E-state index contributed by atoms with van der Waals surface area (Å²) in [5.74, 6) is -0.476. The number of hydrogen-bond donors (Lipinski definition) is 0. The molecule has 1 aromatic carbocycles. The summed E-state index contributed by atoms with van der Waals surface area (Å²) in [4.78, 5) is 19.5. The average molecular weight is 458 g/mol. The van der Waals surface area contributed by atoms with Gasteiger partial charge in [-0.2, -0.15) is 18.3 Å². The predicted octanol–water partition coefficient (Wildman–Crippen LogP) is 4.84. The maximum Gasteiger partial charge on any atom is 0.433 e. The van der Waals surface area contributed by atoms with Crippen LogP contribution in [0.4, 0.5) is 13.2 Å². The monoisotopic (exact) mass is 458 g/mol. The summed E-state index contributed by atoms with van der Waals surface area (Å²) in [5.41, 5.74) is -0.503. The van der Waals surface area contributed by atoms with E-state index in [0.717, 1.165) is 38.4 Å². The summed E-state index contributed by atoms with van der Waals surface area (Å²) in [6, 6.07) is 11.2. The van der Waals surface area contributed by atoms with Gasteiger partial charge in [0.1, 0.15) is 0 Å². The number of benzene rings is 1. The lowest BCUT2D eigenvalue weighted by molar-refractivity contribution is -0.142. The Morgan fingerprint density at radius 3 is 2.64 bits per heavy atom. The molecule has 174 valence electrons. The maximum absolute atomic E-state index is 13.8. The molecule has 0 saturated carbocycles. The largest absolute Gasteiger partial charge is 0.461 e. The molecule has 6 nitrogen and oxygen atoms in total. The Labute approximate surface area is 189 Å². The van der Waals surface area contributed by atoms with Gasteiger partial charge in [0.2, 0.25) is 0 Å². The van der Waals surface area contributed by atoms with Gasteiger partial charge in [0.05, 0.1) is 12.3 Å². The van der Waals surface area contributed by atoms with Crippen LogP contribution in [0.15, 0.2) is 42.5 Å². The number of esters is 1. The quantitative estimate of drug-likeness (QED) is 0.524. The van der Waals surface area contributed by atoms with E-state index in [-0.39, 0.29) is 29.6 Å². The number of halogens is 3. The van der Waals surface area contributed by atoms with E-state index in [1.165, 1.54) is 18.9 Å². The van der Waals surface area contributed by atoms with Gasteiger partial charge in [0.15, 0.2) is 17.0 Å². The highest BCUT2D eigenvalue weighted by Gasteiger charge is 2.36. The molecule has 2 aromatic heterocycles. The fourth-order valence-corrected chi connectivity index (χ4v) is 5.06. The minimum atomic E-state index is -4.66. The van der Waals surface area contributed by atoms with E-state index >= 15 is 0 Å². The molecule has 0 radical (unpaired) electrons. The van der Waals surface area contributed by atoms with Crippen molar-refractivity contribution in [2.45, 2.75) is 44.3 Å². The van der Waals surface area contributed by atoms with Crippen LogP contribution in [-0.2, 0) is 10.9 Å². The Morgan fingerprint density at radius 1 is 1.06 bits per heavy atom. The number of carbonyl (C=O) groups excluding carboxylic acids is 1. The highest BCUT2D eigenvalue weighted by Crippen LogP contribution is 2.33. The third-order valence-corrected chi connectivity index (χ3v) is 6.65. The second-order valence-corrected chi connectivity index (χ2v) is 8.79. The molecule has 33 heavy (non-hydrogen) atoms. The number of nitrogens with zero attached hydrogens (tertiary/aromatic N) is 4. The van der Waals surface area contributed by atoms with Crippen LogP contribution in [0.5, 0.6) is 0 Å². The molecule has 3 aromatic rings. The minimum absolute atomic E-state index is 0.0493. The summed E-state index contributed by atoms with van der Waals surface area (Å²) in [5, 5.41) is 3.91. The van der Waals surface area contributed by atoms with Gasteiger partial charge in [-0.25, -0.2) is 14.3 Å². The van der Waals surface area contributed by atoms with Crippen molar-refractivity contribution >= 4 is 11.6 Å². The first-order chi connectivity index (χ1) is 15.9. The number of alkyl halides is 3. The second-order valence-electron chi connectivity index (χ2n) is 8.79. The molecule has 0 amide bonds. The lowest BCUT2D eigenvalue weighted by Crippen LogP contribution is -2.49. The SMILES string of the molecule is O=C(OCC1CCCN2CCCCC12)c1cc2nc(-c3ccccc3)cc(C(F)(F)F)n2n1. The summed E-state index contributed by atoms with van der Waals surface area (Å²) in [6.45, 7) is 2.41. The van der Waals surface area contributed by atoms with E-state index in [0.29, 0.717) is 16.1 Å². The Hall–Kier alpha value is -2.94. The zero-order valence-corrected chi connectivity index (χ0v) is 18.1. The van der Waals surface area contributed by atoms with Gasteiger partial charge in [0, 0.05) is 23.6 Å². The predicted molar refractivity (Wildman–Crippen MR) is 116 cm³/mol. The van der Waals surface area contributed by atoms with Gasteiger partial charge in [-0.3, -0.25) is 4.90 Å². The van der Waals surface area contributed by atoms with Crippen LogP contribution < -0.4 is 0 Å². The number of aromatic nitrogens is 3. The zero-order chi connectivity index (χ0) is 23.0. The van der Waals surface area contributed by atoms with E-state index in [1.54, 1.807) is 30.3 Å². The number of carbonyl (C=O) groups is 1. The molecule has 9 heteroatoms. The number of hydrogen-bond acceptors (Lipinski definition) is 5. The Balaban J connectivity index is 1.39. The molecule has 0 N–H and O–H groups in total. The Morgan fingerprint density at radius 2 is 1.85 bits per heavy atom. The molecule has 0 bridgehead atoms. The molecular weight excluding hydrogens is 433 g/mol. The van der Waals surface area contributed by atoms with E-state index in [9.17, 15) is 18.0 Å². The van der Waals surface area contributed by atoms with Crippen LogP contribution in [0, 0.1) is 5.92 Å². The van der Waals surface area contributed by atoms with Gasteiger partial charge in [-0.1, -0.05) is 36.8 Å². The van der Waals surface area contributed by atoms with Crippen molar-refractivity contribution in [3.8, 4) is 11.3 Å². The number of fused-ring (bicyclic) bond motifs is 2. The Bertz CT molecular complexity index is 1140. The van der Waals surface area contributed by atoms with Gasteiger partial charge in [-0.15, -0.1) is 0 Å². The maximum atomic E-state index is 13.8. The molecule has 5 rings (SSSR count). The van der Waals surface area contributed by atoms with E-state index in [4.69, 9.17) is 4.74 Å². The van der Waals surface area contributed by atoms with Crippen molar-refractivity contribution in [1.29, 1.82) is 0 Å². The number of rotatable bonds is 4. The van der Waals surface area contributed by atoms with Crippen molar-refractivity contribution in [1.82, 2.24) is 19.5 Å². The van der Waals surface area contributed by atoms with Crippen molar-refractivity contribution in [2.75, 3.05) is 19.7 Å².